The van der Waals surface area contributed by atoms with Gasteiger partial charge in [-0.05, 0) is 74.5 Å². The minimum Gasteiger partial charge on any atom is -0.312 e. The van der Waals surface area contributed by atoms with Gasteiger partial charge >= 0.3 is 0 Å². The first-order chi connectivity index (χ1) is 15.8. The molecule has 3 heteroatoms. The third-order valence-electron chi connectivity index (χ3n) is 6.50. The van der Waals surface area contributed by atoms with Gasteiger partial charge in [-0.15, -0.1) is 0 Å². The van der Waals surface area contributed by atoms with Crippen molar-refractivity contribution in [3.05, 3.63) is 102 Å². The number of piperidine rings is 1. The molecule has 0 N–H and O–H groups in total. The molecule has 0 atom stereocenters. The van der Waals surface area contributed by atoms with Gasteiger partial charge in [-0.25, -0.2) is 0 Å². The van der Waals surface area contributed by atoms with Crippen LogP contribution in [-0.2, 0) is 17.6 Å². The Morgan fingerprint density at radius 1 is 0.781 bits per heavy atom. The second-order valence-electron chi connectivity index (χ2n) is 8.87. The molecule has 166 valence electrons. The average molecular weight is 427 g/mol. The van der Waals surface area contributed by atoms with E-state index in [4.69, 9.17) is 0 Å². The molecule has 32 heavy (non-hydrogen) atoms. The van der Waals surface area contributed by atoms with Gasteiger partial charge in [0, 0.05) is 12.2 Å². The highest BCUT2D eigenvalue weighted by molar-refractivity contribution is 5.94. The number of anilines is 1. The summed E-state index contributed by atoms with van der Waals surface area (Å²) in [6.07, 6.45) is 5.18. The summed E-state index contributed by atoms with van der Waals surface area (Å²) in [5, 5.41) is 0. The highest BCUT2D eigenvalue weighted by atomic mass is 16.2. The summed E-state index contributed by atoms with van der Waals surface area (Å²) >= 11 is 0. The van der Waals surface area contributed by atoms with E-state index < -0.39 is 0 Å². The predicted molar refractivity (Wildman–Crippen MR) is 133 cm³/mol. The van der Waals surface area contributed by atoms with E-state index in [1.54, 1.807) is 0 Å². The lowest BCUT2D eigenvalue weighted by Gasteiger charge is -2.32. The van der Waals surface area contributed by atoms with Crippen LogP contribution in [0, 0.1) is 5.92 Å². The number of likely N-dealkylation sites (tertiary alicyclic amines) is 1. The summed E-state index contributed by atoms with van der Waals surface area (Å²) in [4.78, 5) is 17.7. The lowest BCUT2D eigenvalue weighted by Crippen LogP contribution is -2.38. The molecule has 1 fully saturated rings. The molecule has 0 unspecified atom stereocenters. The van der Waals surface area contributed by atoms with Crippen LogP contribution < -0.4 is 4.90 Å². The first kappa shape index (κ1) is 22.3. The molecule has 1 aliphatic heterocycles. The summed E-state index contributed by atoms with van der Waals surface area (Å²) < 4.78 is 0. The van der Waals surface area contributed by atoms with Crippen molar-refractivity contribution in [3.8, 4) is 0 Å². The van der Waals surface area contributed by atoms with Gasteiger partial charge < -0.3 is 9.80 Å². The number of carbonyl (C=O) groups excluding carboxylic acids is 1. The molecule has 1 heterocycles. The Morgan fingerprint density at radius 2 is 1.34 bits per heavy atom. The number of benzene rings is 3. The van der Waals surface area contributed by atoms with Crippen molar-refractivity contribution in [1.29, 1.82) is 0 Å². The normalized spacial score (nSPS) is 14.9. The Bertz CT molecular complexity index is 935. The largest absolute Gasteiger partial charge is 0.312 e. The minimum absolute atomic E-state index is 0.170. The Morgan fingerprint density at radius 3 is 1.97 bits per heavy atom. The number of para-hydroxylation sites is 1. The number of nitrogens with zero attached hydrogens (tertiary/aromatic N) is 2. The van der Waals surface area contributed by atoms with Crippen molar-refractivity contribution < 1.29 is 4.79 Å². The fourth-order valence-electron chi connectivity index (χ4n) is 4.69. The lowest BCUT2D eigenvalue weighted by atomic mass is 9.90. The molecular formula is C29H34N2O. The van der Waals surface area contributed by atoms with Gasteiger partial charge in [-0.1, -0.05) is 78.9 Å². The molecule has 3 aromatic carbocycles. The molecule has 1 amide bonds. The minimum atomic E-state index is 0.170. The molecule has 4 rings (SSSR count). The summed E-state index contributed by atoms with van der Waals surface area (Å²) in [7, 11) is 0. The van der Waals surface area contributed by atoms with Crippen LogP contribution in [0.3, 0.4) is 0 Å². The zero-order valence-corrected chi connectivity index (χ0v) is 18.9. The number of amides is 1. The molecule has 0 radical (unpaired) electrons. The Hall–Kier alpha value is -2.91. The van der Waals surface area contributed by atoms with Crippen LogP contribution in [0.15, 0.2) is 91.0 Å². The summed E-state index contributed by atoms with van der Waals surface area (Å²) in [5.74, 6) is 0.964. The fraction of sp³-hybridized carbons (Fsp3) is 0.345. The van der Waals surface area contributed by atoms with Crippen molar-refractivity contribution >= 4 is 11.6 Å². The van der Waals surface area contributed by atoms with Crippen molar-refractivity contribution in [2.75, 3.05) is 31.1 Å². The van der Waals surface area contributed by atoms with Crippen LogP contribution >= 0.6 is 0 Å². The Labute approximate surface area is 192 Å². The van der Waals surface area contributed by atoms with Crippen molar-refractivity contribution in [3.63, 3.8) is 0 Å². The molecule has 3 aromatic rings. The van der Waals surface area contributed by atoms with E-state index in [1.807, 2.05) is 65.6 Å². The van der Waals surface area contributed by atoms with E-state index >= 15 is 0 Å². The van der Waals surface area contributed by atoms with Gasteiger partial charge in [0.15, 0.2) is 0 Å². The van der Waals surface area contributed by atoms with E-state index in [9.17, 15) is 4.79 Å². The Balaban J connectivity index is 1.27. The topological polar surface area (TPSA) is 23.6 Å². The Kier molecular flexibility index (Phi) is 8.11. The van der Waals surface area contributed by atoms with E-state index in [0.717, 1.165) is 36.7 Å². The molecule has 3 nitrogen and oxygen atoms in total. The first-order valence-corrected chi connectivity index (χ1v) is 11.9. The van der Waals surface area contributed by atoms with Crippen LogP contribution in [-0.4, -0.2) is 37.0 Å². The van der Waals surface area contributed by atoms with Gasteiger partial charge in [0.25, 0.3) is 0 Å². The molecular weight excluding hydrogens is 392 g/mol. The van der Waals surface area contributed by atoms with Gasteiger partial charge in [0.1, 0.15) is 0 Å². The lowest BCUT2D eigenvalue weighted by molar-refractivity contribution is -0.118. The second kappa shape index (κ2) is 11.6. The van der Waals surface area contributed by atoms with Crippen LogP contribution in [0.25, 0.3) is 0 Å². The van der Waals surface area contributed by atoms with Crippen molar-refractivity contribution in [2.45, 2.75) is 32.1 Å². The third kappa shape index (κ3) is 6.54. The maximum Gasteiger partial charge on any atom is 0.231 e. The number of hydrogen-bond acceptors (Lipinski definition) is 2. The smallest absolute Gasteiger partial charge is 0.231 e. The van der Waals surface area contributed by atoms with Crippen LogP contribution in [0.4, 0.5) is 5.69 Å². The SMILES string of the molecule is O=C(Cc1ccccc1)N(CCCN1CCC(Cc2ccccc2)CC1)c1ccccc1. The second-order valence-corrected chi connectivity index (χ2v) is 8.87. The monoisotopic (exact) mass is 426 g/mol. The predicted octanol–water partition coefficient (Wildman–Crippen LogP) is 5.61. The maximum absolute atomic E-state index is 13.1. The highest BCUT2D eigenvalue weighted by Crippen LogP contribution is 2.22. The average Bonchev–Trinajstić information content (AvgIpc) is 2.85. The molecule has 0 aromatic heterocycles. The molecule has 1 saturated heterocycles. The number of hydrogen-bond donors (Lipinski definition) is 0. The summed E-state index contributed by atoms with van der Waals surface area (Å²) in [6, 6.07) is 31.0. The molecule has 0 aliphatic carbocycles. The maximum atomic E-state index is 13.1. The van der Waals surface area contributed by atoms with E-state index in [-0.39, 0.29) is 5.91 Å². The van der Waals surface area contributed by atoms with Gasteiger partial charge in [0.2, 0.25) is 5.91 Å². The van der Waals surface area contributed by atoms with Crippen LogP contribution in [0.2, 0.25) is 0 Å². The van der Waals surface area contributed by atoms with E-state index in [1.165, 1.54) is 37.9 Å². The van der Waals surface area contributed by atoms with E-state index in [2.05, 4.69) is 35.2 Å². The van der Waals surface area contributed by atoms with Gasteiger partial charge in [-0.2, -0.15) is 0 Å². The van der Waals surface area contributed by atoms with Crippen LogP contribution in [0.1, 0.15) is 30.4 Å². The quantitative estimate of drug-likeness (QED) is 0.444. The molecule has 0 bridgehead atoms. The molecule has 0 spiro atoms. The van der Waals surface area contributed by atoms with Gasteiger partial charge in [0.05, 0.1) is 6.42 Å². The molecule has 0 saturated carbocycles. The zero-order valence-electron chi connectivity index (χ0n) is 18.9. The zero-order chi connectivity index (χ0) is 22.0. The number of rotatable bonds is 9. The standard InChI is InChI=1S/C29H34N2O/c32-29(24-26-13-6-2-7-14-26)31(28-15-8-3-9-16-28)20-10-19-30-21-17-27(18-22-30)23-25-11-4-1-5-12-25/h1-9,11-16,27H,10,17-24H2. The summed E-state index contributed by atoms with van der Waals surface area (Å²) in [5.41, 5.74) is 3.52. The molecule has 1 aliphatic rings. The fourth-order valence-corrected chi connectivity index (χ4v) is 4.69. The third-order valence-corrected chi connectivity index (χ3v) is 6.50. The van der Waals surface area contributed by atoms with Crippen molar-refractivity contribution in [2.24, 2.45) is 5.92 Å². The summed E-state index contributed by atoms with van der Waals surface area (Å²) in [6.45, 7) is 4.15. The highest BCUT2D eigenvalue weighted by Gasteiger charge is 2.20. The van der Waals surface area contributed by atoms with Crippen LogP contribution in [0.5, 0.6) is 0 Å². The van der Waals surface area contributed by atoms with E-state index in [0.29, 0.717) is 6.42 Å². The van der Waals surface area contributed by atoms with Gasteiger partial charge in [-0.3, -0.25) is 4.79 Å². The first-order valence-electron chi connectivity index (χ1n) is 11.9. The van der Waals surface area contributed by atoms with Crippen molar-refractivity contribution in [1.82, 2.24) is 4.90 Å². The number of carbonyl (C=O) groups is 1.